The van der Waals surface area contributed by atoms with Gasteiger partial charge in [-0.25, -0.2) is 0 Å². The molecule has 2 aliphatic rings. The molecule has 1 unspecified atom stereocenters. The summed E-state index contributed by atoms with van der Waals surface area (Å²) in [6.07, 6.45) is 9.12. The van der Waals surface area contributed by atoms with E-state index >= 15 is 0 Å². The SMILES string of the molecule is CCCP(CCC)C1=Cc2ccccc2[CH]1[Ti+2][c]1cccc2c1Cc1ccccc1-2.[Cl-].[Cl-]. The molecule has 0 fully saturated rings. The van der Waals surface area contributed by atoms with E-state index in [4.69, 9.17) is 0 Å². The monoisotopic (exact) mass is 514 g/mol. The molecule has 2 aliphatic carbocycles. The Bertz CT molecular complexity index is 1100. The summed E-state index contributed by atoms with van der Waals surface area (Å²) in [4.78, 5) is 0. The minimum Gasteiger partial charge on any atom is -1.00 e. The van der Waals surface area contributed by atoms with Crippen LogP contribution in [0, 0.1) is 0 Å². The van der Waals surface area contributed by atoms with Crippen molar-refractivity contribution in [1.82, 2.24) is 0 Å². The predicted octanol–water partition coefficient (Wildman–Crippen LogP) is 1.37. The fraction of sp³-hybridized carbons (Fsp3) is 0.286. The maximum absolute atomic E-state index is 2.60. The molecule has 5 rings (SSSR count). The summed E-state index contributed by atoms with van der Waals surface area (Å²) in [5.41, 5.74) is 9.19. The number of allylic oxidation sites excluding steroid dienone is 1. The van der Waals surface area contributed by atoms with Gasteiger partial charge in [0.1, 0.15) is 0 Å². The Labute approximate surface area is 215 Å². The molecule has 32 heavy (non-hydrogen) atoms. The third-order valence-electron chi connectivity index (χ3n) is 6.41. The third-order valence-corrected chi connectivity index (χ3v) is 12.5. The molecule has 0 aliphatic heterocycles. The Hall–Kier alpha value is -0.876. The van der Waals surface area contributed by atoms with Crippen molar-refractivity contribution in [2.45, 2.75) is 37.3 Å². The van der Waals surface area contributed by atoms with Crippen LogP contribution in [-0.4, -0.2) is 12.3 Å². The summed E-state index contributed by atoms with van der Waals surface area (Å²) in [5.74, 6) is 0. The maximum atomic E-state index is 2.60. The molecule has 0 nitrogen and oxygen atoms in total. The molecular weight excluding hydrogens is 486 g/mol. The van der Waals surface area contributed by atoms with Gasteiger partial charge in [-0.3, -0.25) is 0 Å². The van der Waals surface area contributed by atoms with E-state index < -0.39 is 0 Å². The van der Waals surface area contributed by atoms with Crippen molar-refractivity contribution < 1.29 is 44.0 Å². The first kappa shape index (κ1) is 25.7. The number of hydrogen-bond acceptors (Lipinski definition) is 0. The number of hydrogen-bond donors (Lipinski definition) is 0. The first-order valence-corrected chi connectivity index (χ1v) is 14.7. The van der Waals surface area contributed by atoms with E-state index in [9.17, 15) is 0 Å². The molecule has 0 N–H and O–H groups in total. The Morgan fingerprint density at radius 3 is 2.28 bits per heavy atom. The van der Waals surface area contributed by atoms with Gasteiger partial charge in [0.15, 0.2) is 0 Å². The minimum atomic E-state index is -0.296. The average Bonchev–Trinajstić information content (AvgIpc) is 3.33. The van der Waals surface area contributed by atoms with E-state index in [-0.39, 0.29) is 51.9 Å². The number of fused-ring (bicyclic) bond motifs is 4. The Morgan fingerprint density at radius 2 is 1.50 bits per heavy atom. The van der Waals surface area contributed by atoms with Crippen LogP contribution in [0.25, 0.3) is 17.2 Å². The van der Waals surface area contributed by atoms with Crippen molar-refractivity contribution in [3.63, 3.8) is 0 Å². The molecule has 0 amide bonds. The first-order chi connectivity index (χ1) is 14.8. The molecule has 0 spiro atoms. The summed E-state index contributed by atoms with van der Waals surface area (Å²) in [6, 6.07) is 25.3. The molecule has 0 bridgehead atoms. The average molecular weight is 515 g/mol. The second-order valence-corrected chi connectivity index (χ2v) is 13.1. The van der Waals surface area contributed by atoms with Gasteiger partial charge in [0.05, 0.1) is 0 Å². The van der Waals surface area contributed by atoms with Crippen molar-refractivity contribution in [3.05, 3.63) is 94.3 Å². The number of rotatable bonds is 7. The molecule has 0 heterocycles. The van der Waals surface area contributed by atoms with Crippen LogP contribution in [0.4, 0.5) is 0 Å². The summed E-state index contributed by atoms with van der Waals surface area (Å²) in [6.45, 7) is 4.72. The van der Waals surface area contributed by atoms with Gasteiger partial charge in [0.25, 0.3) is 0 Å². The molecule has 0 saturated carbocycles. The van der Waals surface area contributed by atoms with E-state index in [2.05, 4.69) is 86.7 Å². The second kappa shape index (κ2) is 11.5. The zero-order valence-corrected chi connectivity index (χ0v) is 22.7. The smallest absolute Gasteiger partial charge is 1.00 e. The largest absolute Gasteiger partial charge is 1.00 e. The van der Waals surface area contributed by atoms with Gasteiger partial charge in [-0.2, -0.15) is 0 Å². The molecule has 0 radical (unpaired) electrons. The standard InChI is InChI=1S/C15H20P.C13H9.2ClH.Ti/c1-3-9-16(10-4-2)15-11-13-7-5-6-8-14(13)12-15;1-3-7-12-10(5-1)9-11-6-2-4-8-13(11)12;;;/h5-8,11-12H,3-4,9-10H2,1-2H3;1-5,7-8H,9H2;2*1H;/q;;;;+2/p-2. The van der Waals surface area contributed by atoms with Gasteiger partial charge in [-0.1, -0.05) is 0 Å². The molecule has 4 heteroatoms. The zero-order chi connectivity index (χ0) is 20.5. The van der Waals surface area contributed by atoms with E-state index in [1.54, 1.807) is 15.0 Å². The maximum Gasteiger partial charge on any atom is -1.00 e. The molecule has 3 aromatic rings. The van der Waals surface area contributed by atoms with Crippen molar-refractivity contribution in [2.75, 3.05) is 12.3 Å². The topological polar surface area (TPSA) is 0 Å². The van der Waals surface area contributed by atoms with Crippen molar-refractivity contribution in [1.29, 1.82) is 0 Å². The van der Waals surface area contributed by atoms with Crippen molar-refractivity contribution >= 4 is 17.9 Å². The van der Waals surface area contributed by atoms with Gasteiger partial charge >= 0.3 is 192 Å². The third kappa shape index (κ3) is 4.82. The quantitative estimate of drug-likeness (QED) is 0.258. The van der Waals surface area contributed by atoms with E-state index in [1.165, 1.54) is 47.4 Å². The van der Waals surface area contributed by atoms with Crippen LogP contribution in [0.15, 0.2) is 72.0 Å². The molecule has 164 valence electrons. The molecule has 0 saturated heterocycles. The van der Waals surface area contributed by atoms with Crippen LogP contribution in [0.3, 0.4) is 0 Å². The van der Waals surface area contributed by atoms with E-state index in [1.807, 2.05) is 5.31 Å². The summed E-state index contributed by atoms with van der Waals surface area (Å²) < 4.78 is 2.36. The van der Waals surface area contributed by atoms with E-state index in [0.717, 1.165) is 6.42 Å². The summed E-state index contributed by atoms with van der Waals surface area (Å²) in [5, 5.41) is 1.81. The predicted molar refractivity (Wildman–Crippen MR) is 129 cm³/mol. The normalized spacial score (nSPS) is 15.1. The first-order valence-electron chi connectivity index (χ1n) is 11.3. The van der Waals surface area contributed by atoms with Crippen LogP contribution >= 0.6 is 7.92 Å². The van der Waals surface area contributed by atoms with Crippen LogP contribution < -0.4 is 28.7 Å². The van der Waals surface area contributed by atoms with Crippen molar-refractivity contribution in [2.24, 2.45) is 0 Å². The molecule has 0 aromatic heterocycles. The summed E-state index contributed by atoms with van der Waals surface area (Å²) >= 11 is -0.296. The summed E-state index contributed by atoms with van der Waals surface area (Å²) in [7, 11) is -0.00401. The Morgan fingerprint density at radius 1 is 0.812 bits per heavy atom. The van der Waals surface area contributed by atoms with Crippen LogP contribution in [0.1, 0.15) is 53.2 Å². The fourth-order valence-corrected chi connectivity index (χ4v) is 11.3. The van der Waals surface area contributed by atoms with Gasteiger partial charge in [-0.15, -0.1) is 0 Å². The van der Waals surface area contributed by atoms with Gasteiger partial charge in [-0.05, 0) is 0 Å². The fourth-order valence-electron chi connectivity index (χ4n) is 5.09. The van der Waals surface area contributed by atoms with Gasteiger partial charge in [0, 0.05) is 0 Å². The molecule has 1 atom stereocenters. The van der Waals surface area contributed by atoms with E-state index in [0.29, 0.717) is 4.22 Å². The van der Waals surface area contributed by atoms with Gasteiger partial charge in [0.2, 0.25) is 0 Å². The second-order valence-electron chi connectivity index (χ2n) is 8.43. The number of halogens is 2. The van der Waals surface area contributed by atoms with Gasteiger partial charge < -0.3 is 24.8 Å². The Kier molecular flexibility index (Phi) is 9.26. The minimum absolute atomic E-state index is 0. The van der Waals surface area contributed by atoms with Crippen LogP contribution in [0.2, 0.25) is 0 Å². The van der Waals surface area contributed by atoms with Crippen LogP contribution in [0.5, 0.6) is 0 Å². The molecule has 3 aromatic carbocycles. The molecular formula is C28H29Cl2PTi. The Balaban J connectivity index is 0.00000144. The van der Waals surface area contributed by atoms with Crippen LogP contribution in [-0.2, 0) is 25.6 Å². The van der Waals surface area contributed by atoms with Crippen molar-refractivity contribution in [3.8, 4) is 11.1 Å². The number of benzene rings is 3. The zero-order valence-electron chi connectivity index (χ0n) is 18.7.